The van der Waals surface area contributed by atoms with Gasteiger partial charge in [0.2, 0.25) is 0 Å². The van der Waals surface area contributed by atoms with Crippen LogP contribution >= 0.6 is 0 Å². The number of amides is 1. The molecule has 0 aliphatic heterocycles. The van der Waals surface area contributed by atoms with Gasteiger partial charge in [-0.05, 0) is 36.8 Å². The number of imidazole rings is 1. The normalized spacial score (nSPS) is 11.2. The minimum absolute atomic E-state index is 0.00320. The number of carbonyl (C=O) groups is 1. The van der Waals surface area contributed by atoms with Crippen molar-refractivity contribution >= 4 is 27.8 Å². The molecule has 2 heterocycles. The lowest BCUT2D eigenvalue weighted by Crippen LogP contribution is -2.27. The van der Waals surface area contributed by atoms with Gasteiger partial charge in [0.15, 0.2) is 5.82 Å². The molecule has 0 saturated heterocycles. The zero-order chi connectivity index (χ0) is 18.3. The van der Waals surface area contributed by atoms with E-state index in [-0.39, 0.29) is 11.4 Å². The first-order chi connectivity index (χ1) is 12.5. The molecule has 2 aromatic heterocycles. The summed E-state index contributed by atoms with van der Waals surface area (Å²) >= 11 is 0. The van der Waals surface area contributed by atoms with Crippen molar-refractivity contribution in [2.24, 2.45) is 7.05 Å². The summed E-state index contributed by atoms with van der Waals surface area (Å²) in [6.07, 6.45) is 0. The summed E-state index contributed by atoms with van der Waals surface area (Å²) in [7, 11) is 1.97. The van der Waals surface area contributed by atoms with Crippen molar-refractivity contribution in [2.45, 2.75) is 13.5 Å². The van der Waals surface area contributed by atoms with Crippen molar-refractivity contribution in [1.29, 1.82) is 0 Å². The zero-order valence-corrected chi connectivity index (χ0v) is 14.4. The molecule has 0 atom stereocenters. The number of hydrogen-bond acceptors (Lipinski definition) is 4. The lowest BCUT2D eigenvalue weighted by molar-refractivity contribution is 0.0940. The Kier molecular flexibility index (Phi) is 3.76. The number of fused-ring (bicyclic) bond motifs is 2. The van der Waals surface area contributed by atoms with Gasteiger partial charge in [0.05, 0.1) is 21.9 Å². The van der Waals surface area contributed by atoms with Gasteiger partial charge in [-0.2, -0.15) is 0 Å². The fourth-order valence-corrected chi connectivity index (χ4v) is 2.94. The number of aromatic amines is 1. The second-order valence-electron chi connectivity index (χ2n) is 6.16. The van der Waals surface area contributed by atoms with Gasteiger partial charge in [-0.25, -0.2) is 9.97 Å². The Morgan fingerprint density at radius 1 is 1.15 bits per heavy atom. The molecule has 0 bridgehead atoms. The van der Waals surface area contributed by atoms with E-state index in [9.17, 15) is 9.59 Å². The average Bonchev–Trinajstić information content (AvgIpc) is 2.93. The number of H-pyrrole nitrogens is 1. The van der Waals surface area contributed by atoms with Gasteiger partial charge < -0.3 is 14.9 Å². The van der Waals surface area contributed by atoms with E-state index in [1.165, 1.54) is 0 Å². The Morgan fingerprint density at radius 3 is 2.81 bits per heavy atom. The van der Waals surface area contributed by atoms with Crippen molar-refractivity contribution in [2.75, 3.05) is 0 Å². The van der Waals surface area contributed by atoms with Gasteiger partial charge in [0.25, 0.3) is 11.5 Å². The first kappa shape index (κ1) is 16.0. The summed E-state index contributed by atoms with van der Waals surface area (Å²) in [5.74, 6) is 0.507. The molecule has 0 unspecified atom stereocenters. The van der Waals surface area contributed by atoms with Gasteiger partial charge in [-0.1, -0.05) is 18.2 Å². The molecule has 130 valence electrons. The largest absolute Gasteiger partial charge is 0.345 e. The van der Waals surface area contributed by atoms with Crippen molar-refractivity contribution < 1.29 is 4.79 Å². The molecule has 0 radical (unpaired) electrons. The van der Waals surface area contributed by atoms with Crippen LogP contribution in [0.1, 0.15) is 22.0 Å². The van der Waals surface area contributed by atoms with Gasteiger partial charge in [-0.3, -0.25) is 9.59 Å². The molecule has 0 saturated carbocycles. The summed E-state index contributed by atoms with van der Waals surface area (Å²) < 4.78 is 2.02. The summed E-state index contributed by atoms with van der Waals surface area (Å²) in [4.78, 5) is 35.7. The summed E-state index contributed by atoms with van der Waals surface area (Å²) in [6.45, 7) is 2.27. The van der Waals surface area contributed by atoms with Crippen LogP contribution in [0.5, 0.6) is 0 Å². The van der Waals surface area contributed by atoms with E-state index in [0.717, 1.165) is 22.4 Å². The SMILES string of the molecule is Cc1nc2cc(CNC(=O)c3nc4ccccc4c(=O)[nH]3)ccc2n1C. The van der Waals surface area contributed by atoms with Gasteiger partial charge in [-0.15, -0.1) is 0 Å². The van der Waals surface area contributed by atoms with Crippen molar-refractivity contribution in [3.8, 4) is 0 Å². The molecule has 0 fully saturated rings. The van der Waals surface area contributed by atoms with Crippen LogP contribution in [0.2, 0.25) is 0 Å². The van der Waals surface area contributed by atoms with Crippen LogP contribution in [0.15, 0.2) is 47.3 Å². The van der Waals surface area contributed by atoms with Crippen LogP contribution in [-0.4, -0.2) is 25.4 Å². The number of aryl methyl sites for hydroxylation is 2. The maximum Gasteiger partial charge on any atom is 0.287 e. The van der Waals surface area contributed by atoms with E-state index in [1.54, 1.807) is 24.3 Å². The number of carbonyl (C=O) groups excluding carboxylic acids is 1. The van der Waals surface area contributed by atoms with Crippen LogP contribution < -0.4 is 10.9 Å². The molecular weight excluding hydrogens is 330 g/mol. The van der Waals surface area contributed by atoms with Crippen LogP contribution in [0.4, 0.5) is 0 Å². The molecule has 0 aliphatic carbocycles. The summed E-state index contributed by atoms with van der Waals surface area (Å²) in [5, 5.41) is 3.25. The fourth-order valence-electron chi connectivity index (χ4n) is 2.94. The molecule has 0 spiro atoms. The molecule has 0 aliphatic rings. The second-order valence-corrected chi connectivity index (χ2v) is 6.16. The maximum atomic E-state index is 12.4. The Labute approximate surface area is 148 Å². The molecule has 4 rings (SSSR count). The summed E-state index contributed by atoms with van der Waals surface area (Å²) in [5.41, 5.74) is 3.01. The first-order valence-corrected chi connectivity index (χ1v) is 8.22. The lowest BCUT2D eigenvalue weighted by atomic mass is 10.2. The van der Waals surface area contributed by atoms with E-state index < -0.39 is 5.91 Å². The Bertz CT molecular complexity index is 1210. The third kappa shape index (κ3) is 2.73. The van der Waals surface area contributed by atoms with Gasteiger partial charge >= 0.3 is 0 Å². The van der Waals surface area contributed by atoms with E-state index in [1.807, 2.05) is 36.7 Å². The summed E-state index contributed by atoms with van der Waals surface area (Å²) in [6, 6.07) is 12.8. The molecule has 4 aromatic rings. The fraction of sp³-hybridized carbons (Fsp3) is 0.158. The molecule has 2 aromatic carbocycles. The second kappa shape index (κ2) is 6.11. The van der Waals surface area contributed by atoms with E-state index in [4.69, 9.17) is 0 Å². The number of nitrogens with zero attached hydrogens (tertiary/aromatic N) is 3. The zero-order valence-electron chi connectivity index (χ0n) is 14.4. The smallest absolute Gasteiger partial charge is 0.287 e. The predicted octanol–water partition coefficient (Wildman–Crippen LogP) is 2.05. The van der Waals surface area contributed by atoms with E-state index in [0.29, 0.717) is 17.4 Å². The number of benzene rings is 2. The van der Waals surface area contributed by atoms with Gasteiger partial charge in [0.1, 0.15) is 5.82 Å². The van der Waals surface area contributed by atoms with Crippen LogP contribution in [-0.2, 0) is 13.6 Å². The quantitative estimate of drug-likeness (QED) is 0.593. The number of nitrogens with one attached hydrogen (secondary N) is 2. The van der Waals surface area contributed by atoms with Crippen LogP contribution in [0.25, 0.3) is 21.9 Å². The minimum Gasteiger partial charge on any atom is -0.345 e. The van der Waals surface area contributed by atoms with E-state index in [2.05, 4.69) is 20.3 Å². The van der Waals surface area contributed by atoms with Crippen molar-refractivity contribution in [3.05, 3.63) is 70.0 Å². The number of para-hydroxylation sites is 1. The highest BCUT2D eigenvalue weighted by Gasteiger charge is 2.11. The predicted molar refractivity (Wildman–Crippen MR) is 99.0 cm³/mol. The molecule has 26 heavy (non-hydrogen) atoms. The minimum atomic E-state index is -0.426. The van der Waals surface area contributed by atoms with Crippen molar-refractivity contribution in [3.63, 3.8) is 0 Å². The maximum absolute atomic E-state index is 12.4. The van der Waals surface area contributed by atoms with Crippen LogP contribution in [0.3, 0.4) is 0 Å². The van der Waals surface area contributed by atoms with Crippen molar-refractivity contribution in [1.82, 2.24) is 24.8 Å². The molecule has 7 nitrogen and oxygen atoms in total. The Hall–Kier alpha value is -3.48. The first-order valence-electron chi connectivity index (χ1n) is 8.22. The monoisotopic (exact) mass is 347 g/mol. The van der Waals surface area contributed by atoms with E-state index >= 15 is 0 Å². The number of aromatic nitrogens is 4. The molecule has 2 N–H and O–H groups in total. The number of rotatable bonds is 3. The highest BCUT2D eigenvalue weighted by molar-refractivity contribution is 5.92. The lowest BCUT2D eigenvalue weighted by Gasteiger charge is -2.06. The number of hydrogen-bond donors (Lipinski definition) is 2. The molecular formula is C19H17N5O2. The topological polar surface area (TPSA) is 92.7 Å². The molecule has 1 amide bonds. The third-order valence-electron chi connectivity index (χ3n) is 4.45. The third-order valence-corrected chi connectivity index (χ3v) is 4.45. The van der Waals surface area contributed by atoms with Gasteiger partial charge in [0, 0.05) is 13.6 Å². The molecule has 7 heteroatoms. The standard InChI is InChI=1S/C19H17N5O2/c1-11-21-15-9-12(7-8-16(15)24(11)2)10-20-19(26)17-22-14-6-4-3-5-13(14)18(25)23-17/h3-9H,10H2,1-2H3,(H,20,26)(H,22,23,25). The Morgan fingerprint density at radius 2 is 1.96 bits per heavy atom. The highest BCUT2D eigenvalue weighted by atomic mass is 16.2. The van der Waals surface area contributed by atoms with Crippen LogP contribution in [0, 0.1) is 6.92 Å². The average molecular weight is 347 g/mol. The Balaban J connectivity index is 1.56. The highest BCUT2D eigenvalue weighted by Crippen LogP contribution is 2.16.